The number of methoxy groups -OCH3 is 1. The van der Waals surface area contributed by atoms with Gasteiger partial charge in [0.15, 0.2) is 0 Å². The zero-order chi connectivity index (χ0) is 16.3. The molecular weight excluding hydrogens is 347 g/mol. The molecule has 2 unspecified atom stereocenters. The molecule has 0 amide bonds. The van der Waals surface area contributed by atoms with Crippen LogP contribution < -0.4 is 10.0 Å². The Kier molecular flexibility index (Phi) is 6.94. The van der Waals surface area contributed by atoms with Crippen LogP contribution in [0.25, 0.3) is 0 Å². The Labute approximate surface area is 141 Å². The molecule has 2 rings (SSSR count). The highest BCUT2D eigenvalue weighted by Gasteiger charge is 2.29. The topological polar surface area (TPSA) is 84.5 Å². The molecule has 0 saturated carbocycles. The standard InChI is InChI=1S/C14H19FN2O4S.ClH/c1-9-5-6-16-8-12(9)17-22(19,20)13-4-3-10(15)7-11(13)14(18)21-2;/h3-4,7,9,12,16-17H,5-6,8H2,1-2H3;1H. The molecule has 2 N–H and O–H groups in total. The fourth-order valence-corrected chi connectivity index (χ4v) is 3.94. The molecular formula is C14H20ClFN2O4S. The smallest absolute Gasteiger partial charge is 0.339 e. The van der Waals surface area contributed by atoms with Crippen molar-refractivity contribution in [1.29, 1.82) is 0 Å². The van der Waals surface area contributed by atoms with Gasteiger partial charge in [-0.25, -0.2) is 22.3 Å². The van der Waals surface area contributed by atoms with Crippen molar-refractivity contribution in [3.8, 4) is 0 Å². The highest BCUT2D eigenvalue weighted by molar-refractivity contribution is 7.89. The van der Waals surface area contributed by atoms with Gasteiger partial charge in [0.05, 0.1) is 17.6 Å². The number of sulfonamides is 1. The number of esters is 1. The first kappa shape index (κ1) is 19.8. The van der Waals surface area contributed by atoms with Gasteiger partial charge in [-0.3, -0.25) is 0 Å². The van der Waals surface area contributed by atoms with E-state index in [1.807, 2.05) is 6.92 Å². The third-order valence-corrected chi connectivity index (χ3v) is 5.32. The molecule has 1 aliphatic rings. The average Bonchev–Trinajstić information content (AvgIpc) is 2.48. The number of rotatable bonds is 4. The van der Waals surface area contributed by atoms with E-state index in [0.717, 1.165) is 38.3 Å². The highest BCUT2D eigenvalue weighted by atomic mass is 35.5. The number of hydrogen-bond acceptors (Lipinski definition) is 5. The average molecular weight is 367 g/mol. The Bertz CT molecular complexity index is 669. The molecule has 1 saturated heterocycles. The van der Waals surface area contributed by atoms with Gasteiger partial charge in [-0.2, -0.15) is 0 Å². The van der Waals surface area contributed by atoms with Crippen molar-refractivity contribution in [2.45, 2.75) is 24.3 Å². The molecule has 0 aliphatic carbocycles. The van der Waals surface area contributed by atoms with Crippen molar-refractivity contribution in [1.82, 2.24) is 10.0 Å². The maximum atomic E-state index is 13.3. The van der Waals surface area contributed by atoms with Crippen LogP contribution in [0.4, 0.5) is 4.39 Å². The third-order valence-electron chi connectivity index (χ3n) is 3.77. The molecule has 1 fully saturated rings. The van der Waals surface area contributed by atoms with E-state index >= 15 is 0 Å². The van der Waals surface area contributed by atoms with Gasteiger partial charge in [-0.05, 0) is 37.1 Å². The van der Waals surface area contributed by atoms with E-state index < -0.39 is 21.8 Å². The normalized spacial score (nSPS) is 21.3. The molecule has 1 heterocycles. The predicted molar refractivity (Wildman–Crippen MR) is 85.7 cm³/mol. The summed E-state index contributed by atoms with van der Waals surface area (Å²) in [6, 6.07) is 2.66. The summed E-state index contributed by atoms with van der Waals surface area (Å²) >= 11 is 0. The van der Waals surface area contributed by atoms with Gasteiger partial charge in [-0.1, -0.05) is 6.92 Å². The van der Waals surface area contributed by atoms with E-state index in [9.17, 15) is 17.6 Å². The second-order valence-electron chi connectivity index (χ2n) is 5.33. The van der Waals surface area contributed by atoms with Crippen LogP contribution in [0.15, 0.2) is 23.1 Å². The van der Waals surface area contributed by atoms with Crippen LogP contribution in [-0.2, 0) is 14.8 Å². The van der Waals surface area contributed by atoms with Gasteiger partial charge in [0.2, 0.25) is 10.0 Å². The van der Waals surface area contributed by atoms with Crippen LogP contribution in [-0.4, -0.2) is 40.6 Å². The summed E-state index contributed by atoms with van der Waals surface area (Å²) in [4.78, 5) is 11.4. The summed E-state index contributed by atoms with van der Waals surface area (Å²) in [6.45, 7) is 3.30. The summed E-state index contributed by atoms with van der Waals surface area (Å²) in [6.07, 6.45) is 0.848. The fourth-order valence-electron chi connectivity index (χ4n) is 2.42. The Morgan fingerprint density at radius 1 is 1.43 bits per heavy atom. The lowest BCUT2D eigenvalue weighted by atomic mass is 9.96. The van der Waals surface area contributed by atoms with Gasteiger partial charge in [-0.15, -0.1) is 12.4 Å². The second-order valence-corrected chi connectivity index (χ2v) is 7.01. The van der Waals surface area contributed by atoms with Crippen molar-refractivity contribution in [2.24, 2.45) is 5.92 Å². The number of benzene rings is 1. The van der Waals surface area contributed by atoms with Crippen LogP contribution in [0, 0.1) is 11.7 Å². The van der Waals surface area contributed by atoms with Crippen molar-refractivity contribution in [3.05, 3.63) is 29.6 Å². The van der Waals surface area contributed by atoms with E-state index in [0.29, 0.717) is 6.54 Å². The van der Waals surface area contributed by atoms with E-state index in [1.165, 1.54) is 0 Å². The zero-order valence-electron chi connectivity index (χ0n) is 12.8. The number of piperidine rings is 1. The van der Waals surface area contributed by atoms with Crippen LogP contribution in [0.5, 0.6) is 0 Å². The largest absolute Gasteiger partial charge is 0.465 e. The zero-order valence-corrected chi connectivity index (χ0v) is 14.5. The Hall–Kier alpha value is -1.22. The van der Waals surface area contributed by atoms with E-state index in [2.05, 4.69) is 14.8 Å². The molecule has 23 heavy (non-hydrogen) atoms. The number of hydrogen-bond donors (Lipinski definition) is 2. The number of carbonyl (C=O) groups is 1. The lowest BCUT2D eigenvalue weighted by molar-refractivity contribution is 0.0595. The molecule has 0 aromatic heterocycles. The van der Waals surface area contributed by atoms with Crippen molar-refractivity contribution >= 4 is 28.4 Å². The number of nitrogens with one attached hydrogen (secondary N) is 2. The molecule has 0 radical (unpaired) electrons. The first-order chi connectivity index (χ1) is 10.3. The van der Waals surface area contributed by atoms with Gasteiger partial charge in [0, 0.05) is 12.6 Å². The fraction of sp³-hybridized carbons (Fsp3) is 0.500. The summed E-state index contributed by atoms with van der Waals surface area (Å²) < 4.78 is 45.5. The third kappa shape index (κ3) is 4.63. The Balaban J connectivity index is 0.00000264. The summed E-state index contributed by atoms with van der Waals surface area (Å²) in [5, 5.41) is 3.12. The number of ether oxygens (including phenoxy) is 1. The van der Waals surface area contributed by atoms with Gasteiger partial charge in [0.1, 0.15) is 5.82 Å². The van der Waals surface area contributed by atoms with Crippen molar-refractivity contribution < 1.29 is 22.3 Å². The van der Waals surface area contributed by atoms with Gasteiger partial charge in [0.25, 0.3) is 0 Å². The molecule has 9 heteroatoms. The molecule has 6 nitrogen and oxygen atoms in total. The molecule has 0 bridgehead atoms. The molecule has 1 aromatic rings. The first-order valence-electron chi connectivity index (χ1n) is 6.96. The quantitative estimate of drug-likeness (QED) is 0.785. The molecule has 1 aliphatic heterocycles. The molecule has 130 valence electrons. The maximum Gasteiger partial charge on any atom is 0.339 e. The van der Waals surface area contributed by atoms with E-state index in [1.54, 1.807) is 0 Å². The lowest BCUT2D eigenvalue weighted by Crippen LogP contribution is -2.50. The molecule has 0 spiro atoms. The molecule has 1 aromatic carbocycles. The lowest BCUT2D eigenvalue weighted by Gasteiger charge is -2.30. The Morgan fingerprint density at radius 2 is 2.13 bits per heavy atom. The van der Waals surface area contributed by atoms with E-state index in [-0.39, 0.29) is 34.8 Å². The minimum absolute atomic E-state index is 0. The summed E-state index contributed by atoms with van der Waals surface area (Å²) in [5.74, 6) is -1.43. The Morgan fingerprint density at radius 3 is 2.74 bits per heavy atom. The molecule has 2 atom stereocenters. The van der Waals surface area contributed by atoms with Crippen LogP contribution in [0.1, 0.15) is 23.7 Å². The predicted octanol–water partition coefficient (Wildman–Crippen LogP) is 1.31. The van der Waals surface area contributed by atoms with Crippen LogP contribution in [0.3, 0.4) is 0 Å². The second kappa shape index (κ2) is 8.05. The van der Waals surface area contributed by atoms with Crippen molar-refractivity contribution in [3.63, 3.8) is 0 Å². The number of halogens is 2. The van der Waals surface area contributed by atoms with Crippen molar-refractivity contribution in [2.75, 3.05) is 20.2 Å². The minimum atomic E-state index is -3.95. The first-order valence-corrected chi connectivity index (χ1v) is 8.44. The summed E-state index contributed by atoms with van der Waals surface area (Å²) in [7, 11) is -2.84. The number of carbonyl (C=O) groups excluding carboxylic acids is 1. The van der Waals surface area contributed by atoms with E-state index in [4.69, 9.17) is 0 Å². The van der Waals surface area contributed by atoms with Gasteiger partial charge >= 0.3 is 5.97 Å². The monoisotopic (exact) mass is 366 g/mol. The SMILES string of the molecule is COC(=O)c1cc(F)ccc1S(=O)(=O)NC1CNCCC1C.Cl. The maximum absolute atomic E-state index is 13.3. The van der Waals surface area contributed by atoms with Gasteiger partial charge < -0.3 is 10.1 Å². The van der Waals surface area contributed by atoms with Crippen LogP contribution >= 0.6 is 12.4 Å². The highest BCUT2D eigenvalue weighted by Crippen LogP contribution is 2.20. The summed E-state index contributed by atoms with van der Waals surface area (Å²) in [5.41, 5.74) is -0.313. The van der Waals surface area contributed by atoms with Crippen LogP contribution in [0.2, 0.25) is 0 Å². The minimum Gasteiger partial charge on any atom is -0.465 e.